The zero-order valence-electron chi connectivity index (χ0n) is 26.9. The second-order valence-corrected chi connectivity index (χ2v) is 11.5. The van der Waals surface area contributed by atoms with Gasteiger partial charge in [-0.2, -0.15) is 4.98 Å². The largest absolute Gasteiger partial charge is 0.378 e. The number of anilines is 2. The fraction of sp³-hybridized carbons (Fsp3) is 0.594. The van der Waals surface area contributed by atoms with Crippen molar-refractivity contribution in [3.63, 3.8) is 0 Å². The number of nitrogens with one attached hydrogen (secondary N) is 2. The molecule has 45 heavy (non-hydrogen) atoms. The topological polar surface area (TPSA) is 158 Å². The van der Waals surface area contributed by atoms with Crippen LogP contribution in [-0.2, 0) is 32.2 Å². The molecule has 248 valence electrons. The summed E-state index contributed by atoms with van der Waals surface area (Å²) in [4.78, 5) is 29.5. The number of aromatic nitrogens is 3. The van der Waals surface area contributed by atoms with Crippen LogP contribution in [0.25, 0.3) is 11.0 Å². The molecule has 0 aliphatic carbocycles. The van der Waals surface area contributed by atoms with E-state index in [1.807, 2.05) is 6.07 Å². The Kier molecular flexibility index (Phi) is 14.3. The van der Waals surface area contributed by atoms with Crippen LogP contribution in [0.4, 0.5) is 11.8 Å². The lowest BCUT2D eigenvalue weighted by Crippen LogP contribution is -2.46. The Hall–Kier alpha value is -3.33. The number of nitrogens with two attached hydrogens (primary N) is 2. The summed E-state index contributed by atoms with van der Waals surface area (Å²) in [5.74, 6) is 5.70. The Bertz CT molecular complexity index is 1330. The quantitative estimate of drug-likeness (QED) is 0.108. The highest BCUT2D eigenvalue weighted by Gasteiger charge is 2.17. The highest BCUT2D eigenvalue weighted by atomic mass is 16.6. The highest BCUT2D eigenvalue weighted by molar-refractivity contribution is 5.87. The van der Waals surface area contributed by atoms with Crippen LogP contribution < -0.4 is 22.3 Å². The van der Waals surface area contributed by atoms with E-state index in [0.717, 1.165) is 75.6 Å². The highest BCUT2D eigenvalue weighted by Crippen LogP contribution is 2.25. The average molecular weight is 626 g/mol. The fourth-order valence-electron chi connectivity index (χ4n) is 5.51. The number of piperazine rings is 1. The van der Waals surface area contributed by atoms with Crippen molar-refractivity contribution in [2.24, 2.45) is 5.90 Å². The number of nitrogen functional groups attached to an aromatic ring is 1. The SMILES string of the molecule is CCCCCNc1nc(N)nc2ccn(Cc3ccc(CN4CCN(CCOCCOCCNC(=O)CON)CC4)cc3C)c12. The van der Waals surface area contributed by atoms with Gasteiger partial charge in [0.15, 0.2) is 5.82 Å². The zero-order valence-corrected chi connectivity index (χ0v) is 26.9. The number of benzene rings is 1. The number of aryl methyl sites for hydroxylation is 1. The van der Waals surface area contributed by atoms with Crippen molar-refractivity contribution in [3.05, 3.63) is 47.2 Å². The number of amides is 1. The maximum absolute atomic E-state index is 11.2. The first-order valence-corrected chi connectivity index (χ1v) is 16.1. The lowest BCUT2D eigenvalue weighted by Gasteiger charge is -2.34. The molecule has 0 saturated carbocycles. The maximum Gasteiger partial charge on any atom is 0.248 e. The standard InChI is InChI=1S/C32H51N9O4/c1-3-4-5-9-36-31-30-28(37-32(33)38-31)8-11-41(30)23-27-7-6-26(21-25(27)2)22-40-14-12-39(13-15-40)16-18-44-20-19-43-17-10-35-29(42)24-45-34/h6-8,11,21H,3-5,9-10,12-20,22-24,34H2,1-2H3,(H,35,42)(H3,33,36,37,38). The minimum Gasteiger partial charge on any atom is -0.378 e. The number of fused-ring (bicyclic) bond motifs is 1. The smallest absolute Gasteiger partial charge is 0.248 e. The van der Waals surface area contributed by atoms with E-state index < -0.39 is 0 Å². The first-order chi connectivity index (χ1) is 22.0. The van der Waals surface area contributed by atoms with Crippen LogP contribution >= 0.6 is 0 Å². The number of hydrogen-bond acceptors (Lipinski definition) is 11. The molecule has 1 aromatic carbocycles. The summed E-state index contributed by atoms with van der Waals surface area (Å²) in [7, 11) is 0. The summed E-state index contributed by atoms with van der Waals surface area (Å²) in [5.41, 5.74) is 11.8. The number of nitrogens with zero attached hydrogens (tertiary/aromatic N) is 5. The van der Waals surface area contributed by atoms with Gasteiger partial charge in [0, 0.05) is 65.1 Å². The van der Waals surface area contributed by atoms with E-state index in [0.29, 0.717) is 38.9 Å². The number of unbranched alkanes of at least 4 members (excludes halogenated alkanes) is 2. The van der Waals surface area contributed by atoms with Gasteiger partial charge in [0.2, 0.25) is 11.9 Å². The molecular formula is C32H51N9O4. The molecular weight excluding hydrogens is 574 g/mol. The molecule has 13 nitrogen and oxygen atoms in total. The molecule has 0 radical (unpaired) electrons. The molecule has 4 rings (SSSR count). The van der Waals surface area contributed by atoms with Crippen LogP contribution in [0.3, 0.4) is 0 Å². The first-order valence-electron chi connectivity index (χ1n) is 16.1. The van der Waals surface area contributed by atoms with Gasteiger partial charge >= 0.3 is 0 Å². The van der Waals surface area contributed by atoms with Gasteiger partial charge in [0.25, 0.3) is 0 Å². The molecule has 1 amide bonds. The predicted molar refractivity (Wildman–Crippen MR) is 177 cm³/mol. The monoisotopic (exact) mass is 625 g/mol. The summed E-state index contributed by atoms with van der Waals surface area (Å²) in [5, 5.41) is 6.14. The van der Waals surface area contributed by atoms with Crippen molar-refractivity contribution in [3.8, 4) is 0 Å². The van der Waals surface area contributed by atoms with Gasteiger partial charge in [-0.05, 0) is 36.1 Å². The zero-order chi connectivity index (χ0) is 31.9. The normalized spacial score (nSPS) is 14.3. The van der Waals surface area contributed by atoms with E-state index >= 15 is 0 Å². The fourth-order valence-corrected chi connectivity index (χ4v) is 5.51. The molecule has 1 aliphatic heterocycles. The molecule has 1 aliphatic rings. The van der Waals surface area contributed by atoms with Gasteiger partial charge in [-0.1, -0.05) is 38.0 Å². The molecule has 0 bridgehead atoms. The minimum absolute atomic E-state index is 0.149. The molecule has 1 saturated heterocycles. The lowest BCUT2D eigenvalue weighted by molar-refractivity contribution is -0.126. The van der Waals surface area contributed by atoms with E-state index in [4.69, 9.17) is 21.1 Å². The third-order valence-corrected chi connectivity index (χ3v) is 8.03. The number of carbonyl (C=O) groups excluding carboxylic acids is 1. The second kappa shape index (κ2) is 18.6. The Morgan fingerprint density at radius 3 is 2.49 bits per heavy atom. The molecule has 0 atom stereocenters. The van der Waals surface area contributed by atoms with Gasteiger partial charge < -0.3 is 30.4 Å². The summed E-state index contributed by atoms with van der Waals surface area (Å²) in [6.07, 6.45) is 5.54. The summed E-state index contributed by atoms with van der Waals surface area (Å²) in [6.45, 7) is 14.5. The Balaban J connectivity index is 1.16. The minimum atomic E-state index is -0.258. The Morgan fingerprint density at radius 1 is 0.956 bits per heavy atom. The molecule has 3 heterocycles. The maximum atomic E-state index is 11.2. The van der Waals surface area contributed by atoms with E-state index in [9.17, 15) is 4.79 Å². The average Bonchev–Trinajstić information content (AvgIpc) is 3.43. The van der Waals surface area contributed by atoms with E-state index in [2.05, 4.69) is 78.0 Å². The molecule has 1 fully saturated rings. The predicted octanol–water partition coefficient (Wildman–Crippen LogP) is 2.13. The van der Waals surface area contributed by atoms with Gasteiger partial charge in [0.1, 0.15) is 12.1 Å². The van der Waals surface area contributed by atoms with Crippen LogP contribution in [0.5, 0.6) is 0 Å². The molecule has 3 aromatic rings. The summed E-state index contributed by atoms with van der Waals surface area (Å²) in [6, 6.07) is 8.86. The molecule has 0 unspecified atom stereocenters. The van der Waals surface area contributed by atoms with Crippen LogP contribution in [0.15, 0.2) is 30.5 Å². The number of carbonyl (C=O) groups is 1. The van der Waals surface area contributed by atoms with Crippen LogP contribution in [0.1, 0.15) is 42.9 Å². The number of ether oxygens (including phenoxy) is 2. The van der Waals surface area contributed by atoms with Crippen molar-refractivity contribution >= 4 is 28.7 Å². The number of rotatable bonds is 20. The van der Waals surface area contributed by atoms with Crippen molar-refractivity contribution in [2.45, 2.75) is 46.2 Å². The third-order valence-electron chi connectivity index (χ3n) is 8.03. The van der Waals surface area contributed by atoms with Gasteiger partial charge in [-0.25, -0.2) is 10.9 Å². The van der Waals surface area contributed by atoms with Crippen LogP contribution in [0, 0.1) is 6.92 Å². The van der Waals surface area contributed by atoms with Crippen molar-refractivity contribution in [1.29, 1.82) is 0 Å². The second-order valence-electron chi connectivity index (χ2n) is 11.5. The van der Waals surface area contributed by atoms with Crippen molar-refractivity contribution in [2.75, 3.05) is 89.9 Å². The van der Waals surface area contributed by atoms with E-state index in [-0.39, 0.29) is 12.5 Å². The van der Waals surface area contributed by atoms with Gasteiger partial charge in [-0.3, -0.25) is 19.4 Å². The van der Waals surface area contributed by atoms with E-state index in [1.54, 1.807) is 0 Å². The summed E-state index contributed by atoms with van der Waals surface area (Å²) >= 11 is 0. The van der Waals surface area contributed by atoms with Crippen molar-refractivity contribution in [1.82, 2.24) is 29.7 Å². The molecule has 0 spiro atoms. The molecule has 13 heteroatoms. The van der Waals surface area contributed by atoms with Crippen molar-refractivity contribution < 1.29 is 19.1 Å². The first kappa shape index (κ1) is 34.5. The Labute approximate surface area is 266 Å². The van der Waals surface area contributed by atoms with Crippen LogP contribution in [0.2, 0.25) is 0 Å². The van der Waals surface area contributed by atoms with Gasteiger partial charge in [0.05, 0.1) is 31.9 Å². The Morgan fingerprint density at radius 2 is 1.73 bits per heavy atom. The number of hydrogen-bond donors (Lipinski definition) is 4. The molecule has 6 N–H and O–H groups in total. The summed E-state index contributed by atoms with van der Waals surface area (Å²) < 4.78 is 13.4. The third kappa shape index (κ3) is 11.2. The molecule has 2 aromatic heterocycles. The van der Waals surface area contributed by atoms with E-state index in [1.165, 1.54) is 29.5 Å². The van der Waals surface area contributed by atoms with Gasteiger partial charge in [-0.15, -0.1) is 0 Å². The van der Waals surface area contributed by atoms with Crippen LogP contribution in [-0.4, -0.2) is 109 Å². The lowest BCUT2D eigenvalue weighted by atomic mass is 10.0.